The van der Waals surface area contributed by atoms with Crippen molar-refractivity contribution in [3.8, 4) is 11.3 Å². The van der Waals surface area contributed by atoms with Gasteiger partial charge < -0.3 is 9.90 Å². The van der Waals surface area contributed by atoms with E-state index in [1.54, 1.807) is 35.6 Å². The average molecular weight is 246 g/mol. The smallest absolute Gasteiger partial charge is 0.0904 e. The summed E-state index contributed by atoms with van der Waals surface area (Å²) in [7, 11) is 0. The Labute approximate surface area is 104 Å². The lowest BCUT2D eigenvalue weighted by molar-refractivity contribution is -0.255. The summed E-state index contributed by atoms with van der Waals surface area (Å²) in [6, 6.07) is 6.66. The molecule has 2 rings (SSSR count). The van der Waals surface area contributed by atoms with Gasteiger partial charge in [-0.25, -0.2) is 4.98 Å². The van der Waals surface area contributed by atoms with E-state index in [2.05, 4.69) is 11.9 Å². The monoisotopic (exact) mass is 246 g/mol. The highest BCUT2D eigenvalue weighted by Gasteiger charge is 2.09. The van der Waals surface area contributed by atoms with E-state index in [0.29, 0.717) is 0 Å². The minimum absolute atomic E-state index is 0.193. The van der Waals surface area contributed by atoms with Crippen LogP contribution in [0.4, 0.5) is 0 Å². The summed E-state index contributed by atoms with van der Waals surface area (Å²) >= 11 is 1.68. The molecule has 0 bridgehead atoms. The molecule has 1 aromatic heterocycles. The molecule has 0 aliphatic rings. The number of benzene rings is 1. The summed E-state index contributed by atoms with van der Waals surface area (Å²) in [5.74, 6) is -1.15. The van der Waals surface area contributed by atoms with Gasteiger partial charge in [0.15, 0.2) is 0 Å². The molecule has 88 valence electrons. The molecule has 0 spiro atoms. The number of carbonyl (C=O) groups is 1. The molecule has 3 nitrogen and oxygen atoms in total. The summed E-state index contributed by atoms with van der Waals surface area (Å²) in [5.41, 5.74) is 2.11. The van der Waals surface area contributed by atoms with Crippen LogP contribution in [-0.2, 0) is 6.42 Å². The second-order valence-electron chi connectivity index (χ2n) is 3.72. The summed E-state index contributed by atoms with van der Waals surface area (Å²) < 4.78 is 0. The maximum Gasteiger partial charge on any atom is 0.0904 e. The largest absolute Gasteiger partial charge is 0.545 e. The Morgan fingerprint density at radius 3 is 2.53 bits per heavy atom. The average Bonchev–Trinajstić information content (AvgIpc) is 2.70. The Kier molecular flexibility index (Phi) is 3.24. The molecule has 1 heterocycles. The zero-order valence-corrected chi connectivity index (χ0v) is 10.5. The second-order valence-corrected chi connectivity index (χ2v) is 5.01. The van der Waals surface area contributed by atoms with Crippen molar-refractivity contribution in [2.24, 2.45) is 0 Å². The molecule has 0 saturated heterocycles. The Bertz CT molecular complexity index is 543. The third kappa shape index (κ3) is 2.36. The zero-order valence-electron chi connectivity index (χ0n) is 9.69. The molecule has 0 aliphatic heterocycles. The molecule has 0 aliphatic carbocycles. The highest BCUT2D eigenvalue weighted by atomic mass is 32.1. The van der Waals surface area contributed by atoms with Crippen molar-refractivity contribution in [3.63, 3.8) is 0 Å². The van der Waals surface area contributed by atoms with E-state index >= 15 is 0 Å². The highest BCUT2D eigenvalue weighted by Crippen LogP contribution is 2.28. The molecule has 0 fully saturated rings. The van der Waals surface area contributed by atoms with Gasteiger partial charge in [0.25, 0.3) is 0 Å². The number of thiazole rings is 1. The van der Waals surface area contributed by atoms with Crippen LogP contribution < -0.4 is 5.11 Å². The van der Waals surface area contributed by atoms with E-state index in [1.807, 2.05) is 6.92 Å². The van der Waals surface area contributed by atoms with E-state index in [1.165, 1.54) is 4.88 Å². The predicted molar refractivity (Wildman–Crippen MR) is 66.0 cm³/mol. The first-order valence-corrected chi connectivity index (χ1v) is 6.21. The van der Waals surface area contributed by atoms with E-state index < -0.39 is 5.97 Å². The number of hydrogen-bond donors (Lipinski definition) is 0. The first-order valence-electron chi connectivity index (χ1n) is 5.40. The van der Waals surface area contributed by atoms with Crippen LogP contribution in [0.1, 0.15) is 27.2 Å². The number of aromatic nitrogens is 1. The van der Waals surface area contributed by atoms with Crippen molar-refractivity contribution in [2.45, 2.75) is 20.3 Å². The van der Waals surface area contributed by atoms with Gasteiger partial charge in [-0.15, -0.1) is 11.3 Å². The molecule has 0 radical (unpaired) electrons. The van der Waals surface area contributed by atoms with Gasteiger partial charge >= 0.3 is 0 Å². The lowest BCUT2D eigenvalue weighted by Crippen LogP contribution is -2.21. The van der Waals surface area contributed by atoms with E-state index in [4.69, 9.17) is 0 Å². The van der Waals surface area contributed by atoms with Gasteiger partial charge in [-0.2, -0.15) is 0 Å². The van der Waals surface area contributed by atoms with Crippen molar-refractivity contribution >= 4 is 17.3 Å². The van der Waals surface area contributed by atoms with E-state index in [-0.39, 0.29) is 5.56 Å². The van der Waals surface area contributed by atoms with Crippen molar-refractivity contribution in [1.82, 2.24) is 4.98 Å². The number of carboxylic acid groups (broad SMARTS) is 1. The Morgan fingerprint density at radius 2 is 2.00 bits per heavy atom. The molecular weight excluding hydrogens is 234 g/mol. The van der Waals surface area contributed by atoms with Gasteiger partial charge in [0.05, 0.1) is 16.7 Å². The number of nitrogens with zero attached hydrogens (tertiary/aromatic N) is 1. The fourth-order valence-electron chi connectivity index (χ4n) is 1.70. The van der Waals surface area contributed by atoms with Crippen LogP contribution in [-0.4, -0.2) is 11.0 Å². The lowest BCUT2D eigenvalue weighted by Gasteiger charge is -2.04. The SMILES string of the molecule is CCc1sc(C)nc1-c1ccc(C(=O)[O-])cc1. The van der Waals surface area contributed by atoms with Crippen LogP contribution in [0.25, 0.3) is 11.3 Å². The quantitative estimate of drug-likeness (QED) is 0.832. The molecule has 4 heteroatoms. The second kappa shape index (κ2) is 4.67. The van der Waals surface area contributed by atoms with Gasteiger partial charge in [-0.3, -0.25) is 0 Å². The number of rotatable bonds is 3. The summed E-state index contributed by atoms with van der Waals surface area (Å²) in [6.07, 6.45) is 0.934. The number of aryl methyl sites for hydroxylation is 2. The normalized spacial score (nSPS) is 10.5. The highest BCUT2D eigenvalue weighted by molar-refractivity contribution is 7.12. The topological polar surface area (TPSA) is 53.0 Å². The van der Waals surface area contributed by atoms with Crippen molar-refractivity contribution in [2.75, 3.05) is 0 Å². The van der Waals surface area contributed by atoms with Crippen LogP contribution in [0.5, 0.6) is 0 Å². The maximum atomic E-state index is 10.7. The number of carboxylic acids is 1. The predicted octanol–water partition coefficient (Wildman–Crippen LogP) is 2.04. The van der Waals surface area contributed by atoms with Crippen molar-refractivity contribution in [1.29, 1.82) is 0 Å². The molecule has 0 saturated carbocycles. The van der Waals surface area contributed by atoms with Crippen molar-refractivity contribution < 1.29 is 9.90 Å². The minimum Gasteiger partial charge on any atom is -0.545 e. The lowest BCUT2D eigenvalue weighted by atomic mass is 10.1. The fourth-order valence-corrected chi connectivity index (χ4v) is 2.60. The molecule has 0 atom stereocenters. The van der Waals surface area contributed by atoms with Crippen molar-refractivity contribution in [3.05, 3.63) is 39.7 Å². The van der Waals surface area contributed by atoms with Crippen LogP contribution in [0, 0.1) is 6.92 Å². The first-order chi connectivity index (χ1) is 8.11. The van der Waals surface area contributed by atoms with E-state index in [0.717, 1.165) is 22.7 Å². The van der Waals surface area contributed by atoms with Crippen LogP contribution in [0.15, 0.2) is 24.3 Å². The number of carbonyl (C=O) groups excluding carboxylic acids is 1. The maximum absolute atomic E-state index is 10.7. The Morgan fingerprint density at radius 1 is 1.35 bits per heavy atom. The van der Waals surface area contributed by atoms with Gasteiger partial charge in [0.2, 0.25) is 0 Å². The summed E-state index contributed by atoms with van der Waals surface area (Å²) in [6.45, 7) is 4.06. The van der Waals surface area contributed by atoms with Gasteiger partial charge in [0.1, 0.15) is 0 Å². The summed E-state index contributed by atoms with van der Waals surface area (Å²) in [4.78, 5) is 16.4. The fraction of sp³-hybridized carbons (Fsp3) is 0.231. The zero-order chi connectivity index (χ0) is 12.4. The third-order valence-electron chi connectivity index (χ3n) is 2.52. The van der Waals surface area contributed by atoms with Crippen LogP contribution >= 0.6 is 11.3 Å². The van der Waals surface area contributed by atoms with Gasteiger partial charge in [0, 0.05) is 10.4 Å². The molecule has 0 unspecified atom stereocenters. The standard InChI is InChI=1S/C13H13NO2S/c1-3-11-12(14-8(2)17-11)9-4-6-10(7-5-9)13(15)16/h4-7H,3H2,1-2H3,(H,15,16)/p-1. The molecule has 17 heavy (non-hydrogen) atoms. The number of aromatic carboxylic acids is 1. The molecule has 0 amide bonds. The summed E-state index contributed by atoms with van der Waals surface area (Å²) in [5, 5.41) is 11.7. The van der Waals surface area contributed by atoms with Gasteiger partial charge in [-0.1, -0.05) is 31.2 Å². The van der Waals surface area contributed by atoms with Crippen LogP contribution in [0.2, 0.25) is 0 Å². The molecular formula is C13H12NO2S-. The van der Waals surface area contributed by atoms with Crippen LogP contribution in [0.3, 0.4) is 0 Å². The Balaban J connectivity index is 2.42. The van der Waals surface area contributed by atoms with E-state index in [9.17, 15) is 9.90 Å². The number of hydrogen-bond acceptors (Lipinski definition) is 4. The molecule has 1 aromatic carbocycles. The molecule has 2 aromatic rings. The first kappa shape index (κ1) is 11.8. The third-order valence-corrected chi connectivity index (χ3v) is 3.63. The minimum atomic E-state index is -1.15. The molecule has 0 N–H and O–H groups in total. The van der Waals surface area contributed by atoms with Gasteiger partial charge in [-0.05, 0) is 18.9 Å². The Hall–Kier alpha value is -1.68.